The molecule has 0 aliphatic carbocycles. The molecule has 104 valence electrons. The number of aliphatic carboxylic acids is 1. The van der Waals surface area contributed by atoms with Gasteiger partial charge in [0, 0.05) is 13.2 Å². The van der Waals surface area contributed by atoms with Crippen molar-refractivity contribution in [1.82, 2.24) is 5.32 Å². The molecule has 0 radical (unpaired) electrons. The number of carbonyl (C=O) groups is 2. The number of ether oxygens (including phenoxy) is 1. The fraction of sp³-hybridized carbons (Fsp3) is 0.833. The van der Waals surface area contributed by atoms with Crippen LogP contribution in [0.2, 0.25) is 0 Å². The summed E-state index contributed by atoms with van der Waals surface area (Å²) in [6, 6.07) is 0. The first-order valence-electron chi connectivity index (χ1n) is 6.33. The smallest absolute Gasteiger partial charge is 0.329 e. The number of nitrogens with two attached hydrogens (primary N) is 1. The number of carboxylic acids is 1. The van der Waals surface area contributed by atoms with E-state index in [1.165, 1.54) is 0 Å². The predicted molar refractivity (Wildman–Crippen MR) is 66.1 cm³/mol. The fourth-order valence-electron chi connectivity index (χ4n) is 2.09. The molecule has 1 rings (SSSR count). The second-order valence-electron chi connectivity index (χ2n) is 4.82. The van der Waals surface area contributed by atoms with Crippen LogP contribution in [0.25, 0.3) is 0 Å². The molecule has 0 saturated carbocycles. The number of carbonyl (C=O) groups excluding carboxylic acids is 1. The molecule has 1 aliphatic heterocycles. The Labute approximate surface area is 107 Å². The Balaban J connectivity index is 2.81. The number of hydrogen-bond donors (Lipinski definition) is 3. The van der Waals surface area contributed by atoms with Crippen molar-refractivity contribution in [2.45, 2.75) is 50.6 Å². The summed E-state index contributed by atoms with van der Waals surface area (Å²) in [7, 11) is 0. The van der Waals surface area contributed by atoms with Gasteiger partial charge in [-0.25, -0.2) is 4.79 Å². The minimum Gasteiger partial charge on any atom is -0.480 e. The number of carboxylic acid groups (broad SMARTS) is 1. The molecule has 18 heavy (non-hydrogen) atoms. The van der Waals surface area contributed by atoms with E-state index >= 15 is 0 Å². The minimum absolute atomic E-state index is 0.331. The molecular formula is C12H22N2O4. The first kappa shape index (κ1) is 14.9. The van der Waals surface area contributed by atoms with Crippen LogP contribution < -0.4 is 11.1 Å². The Bertz CT molecular complexity index is 320. The van der Waals surface area contributed by atoms with Gasteiger partial charge < -0.3 is 20.9 Å². The Morgan fingerprint density at radius 1 is 1.33 bits per heavy atom. The molecule has 0 aromatic carbocycles. The average molecular weight is 258 g/mol. The lowest BCUT2D eigenvalue weighted by molar-refractivity contribution is -0.149. The molecule has 0 bridgehead atoms. The second kappa shape index (κ2) is 5.67. The van der Waals surface area contributed by atoms with E-state index in [9.17, 15) is 14.7 Å². The van der Waals surface area contributed by atoms with Crippen molar-refractivity contribution < 1.29 is 19.4 Å². The maximum Gasteiger partial charge on any atom is 0.329 e. The van der Waals surface area contributed by atoms with Gasteiger partial charge in [0.1, 0.15) is 5.54 Å². The third-order valence-electron chi connectivity index (χ3n) is 3.81. The molecule has 1 heterocycles. The molecule has 6 nitrogen and oxygen atoms in total. The van der Waals surface area contributed by atoms with Crippen LogP contribution in [0.5, 0.6) is 0 Å². The van der Waals surface area contributed by atoms with E-state index in [-0.39, 0.29) is 0 Å². The van der Waals surface area contributed by atoms with Gasteiger partial charge in [-0.2, -0.15) is 0 Å². The zero-order valence-corrected chi connectivity index (χ0v) is 11.0. The standard InChI is InChI=1S/C12H22N2O4/c1-3-12(4-2,10(16)17)14-9(15)11(13)5-7-18-8-6-11/h3-8,13H2,1-2H3,(H,14,15)(H,16,17). The van der Waals surface area contributed by atoms with Crippen molar-refractivity contribution in [3.8, 4) is 0 Å². The van der Waals surface area contributed by atoms with Crippen molar-refractivity contribution in [3.05, 3.63) is 0 Å². The third-order valence-corrected chi connectivity index (χ3v) is 3.81. The van der Waals surface area contributed by atoms with E-state index < -0.39 is 23.0 Å². The normalized spacial score (nSPS) is 19.3. The zero-order chi connectivity index (χ0) is 13.8. The largest absolute Gasteiger partial charge is 0.480 e. The lowest BCUT2D eigenvalue weighted by Crippen LogP contribution is -2.64. The van der Waals surface area contributed by atoms with E-state index in [2.05, 4.69) is 5.32 Å². The Kier molecular flexibility index (Phi) is 4.70. The quantitative estimate of drug-likeness (QED) is 0.656. The highest BCUT2D eigenvalue weighted by atomic mass is 16.5. The molecule has 1 fully saturated rings. The van der Waals surface area contributed by atoms with E-state index in [1.54, 1.807) is 13.8 Å². The van der Waals surface area contributed by atoms with Crippen LogP contribution in [0.1, 0.15) is 39.5 Å². The topological polar surface area (TPSA) is 102 Å². The highest BCUT2D eigenvalue weighted by Gasteiger charge is 2.43. The van der Waals surface area contributed by atoms with Gasteiger partial charge in [-0.05, 0) is 25.7 Å². The van der Waals surface area contributed by atoms with Gasteiger partial charge in [0.2, 0.25) is 5.91 Å². The van der Waals surface area contributed by atoms with Crippen molar-refractivity contribution in [2.24, 2.45) is 5.73 Å². The first-order chi connectivity index (χ1) is 8.40. The highest BCUT2D eigenvalue weighted by molar-refractivity contribution is 5.92. The number of nitrogens with one attached hydrogen (secondary N) is 1. The van der Waals surface area contributed by atoms with Crippen molar-refractivity contribution in [1.29, 1.82) is 0 Å². The molecule has 1 amide bonds. The summed E-state index contributed by atoms with van der Waals surface area (Å²) in [5.41, 5.74) is 3.80. The summed E-state index contributed by atoms with van der Waals surface area (Å²) in [5, 5.41) is 11.9. The third kappa shape index (κ3) is 2.81. The molecule has 0 spiro atoms. The summed E-state index contributed by atoms with van der Waals surface area (Å²) in [4.78, 5) is 23.5. The molecule has 0 aromatic rings. The Morgan fingerprint density at radius 2 is 1.83 bits per heavy atom. The summed E-state index contributed by atoms with van der Waals surface area (Å²) >= 11 is 0. The summed E-state index contributed by atoms with van der Waals surface area (Å²) < 4.78 is 5.17. The summed E-state index contributed by atoms with van der Waals surface area (Å²) in [6.07, 6.45) is 1.50. The molecular weight excluding hydrogens is 236 g/mol. The monoisotopic (exact) mass is 258 g/mol. The van der Waals surface area contributed by atoms with Crippen molar-refractivity contribution in [2.75, 3.05) is 13.2 Å². The SMILES string of the molecule is CCC(CC)(NC(=O)C1(N)CCOCC1)C(=O)O. The van der Waals surface area contributed by atoms with E-state index in [0.717, 1.165) is 0 Å². The minimum atomic E-state index is -1.22. The molecule has 0 aromatic heterocycles. The average Bonchev–Trinajstić information content (AvgIpc) is 2.36. The maximum absolute atomic E-state index is 12.2. The van der Waals surface area contributed by atoms with Crippen LogP contribution in [-0.2, 0) is 14.3 Å². The van der Waals surface area contributed by atoms with Crippen molar-refractivity contribution >= 4 is 11.9 Å². The first-order valence-corrected chi connectivity index (χ1v) is 6.33. The van der Waals surface area contributed by atoms with E-state index in [1.807, 2.05) is 0 Å². The van der Waals surface area contributed by atoms with Crippen LogP contribution in [0.3, 0.4) is 0 Å². The van der Waals surface area contributed by atoms with Gasteiger partial charge >= 0.3 is 5.97 Å². The van der Waals surface area contributed by atoms with Gasteiger partial charge in [0.15, 0.2) is 0 Å². The van der Waals surface area contributed by atoms with Gasteiger partial charge in [-0.1, -0.05) is 13.8 Å². The van der Waals surface area contributed by atoms with Crippen LogP contribution in [0, 0.1) is 0 Å². The Hall–Kier alpha value is -1.14. The molecule has 1 aliphatic rings. The number of amides is 1. The zero-order valence-electron chi connectivity index (χ0n) is 11.0. The fourth-order valence-corrected chi connectivity index (χ4v) is 2.09. The lowest BCUT2D eigenvalue weighted by Gasteiger charge is -2.36. The number of rotatable bonds is 5. The van der Waals surface area contributed by atoms with Gasteiger partial charge in [0.05, 0.1) is 5.54 Å². The molecule has 0 atom stereocenters. The highest BCUT2D eigenvalue weighted by Crippen LogP contribution is 2.22. The van der Waals surface area contributed by atoms with E-state index in [4.69, 9.17) is 10.5 Å². The van der Waals surface area contributed by atoms with Gasteiger partial charge in [0.25, 0.3) is 0 Å². The predicted octanol–water partition coefficient (Wildman–Crippen LogP) is 0.254. The molecule has 4 N–H and O–H groups in total. The summed E-state index contributed by atoms with van der Waals surface area (Å²) in [5.74, 6) is -1.41. The van der Waals surface area contributed by atoms with Crippen molar-refractivity contribution in [3.63, 3.8) is 0 Å². The second-order valence-corrected chi connectivity index (χ2v) is 4.82. The molecule has 6 heteroatoms. The van der Waals surface area contributed by atoms with Crippen LogP contribution in [-0.4, -0.2) is 41.3 Å². The lowest BCUT2D eigenvalue weighted by atomic mass is 9.86. The molecule has 0 unspecified atom stereocenters. The maximum atomic E-state index is 12.2. The Morgan fingerprint density at radius 3 is 2.22 bits per heavy atom. The molecule has 1 saturated heterocycles. The number of hydrogen-bond acceptors (Lipinski definition) is 4. The van der Waals surface area contributed by atoms with Crippen LogP contribution >= 0.6 is 0 Å². The van der Waals surface area contributed by atoms with Crippen LogP contribution in [0.4, 0.5) is 0 Å². The van der Waals surface area contributed by atoms with E-state index in [0.29, 0.717) is 38.9 Å². The van der Waals surface area contributed by atoms with Crippen LogP contribution in [0.15, 0.2) is 0 Å². The van der Waals surface area contributed by atoms with Gasteiger partial charge in [-0.3, -0.25) is 4.79 Å². The van der Waals surface area contributed by atoms with Gasteiger partial charge in [-0.15, -0.1) is 0 Å². The summed E-state index contributed by atoms with van der Waals surface area (Å²) in [6.45, 7) is 4.35.